The predicted molar refractivity (Wildman–Crippen MR) is 78.9 cm³/mol. The number of hydrogen-bond donors (Lipinski definition) is 0. The van der Waals surface area contributed by atoms with Crippen LogP contribution in [0.5, 0.6) is 0 Å². The Bertz CT molecular complexity index is 769. The van der Waals surface area contributed by atoms with Crippen LogP contribution >= 0.6 is 0 Å². The second kappa shape index (κ2) is 4.44. The van der Waals surface area contributed by atoms with Crippen molar-refractivity contribution in [2.24, 2.45) is 0 Å². The van der Waals surface area contributed by atoms with Gasteiger partial charge in [-0.05, 0) is 55.0 Å². The Morgan fingerprint density at radius 2 is 2.05 bits per heavy atom. The maximum Gasteiger partial charge on any atom is 0.137 e. The average Bonchev–Trinajstić information content (AvgIpc) is 3.19. The van der Waals surface area contributed by atoms with Gasteiger partial charge in [0.2, 0.25) is 0 Å². The number of rotatable bonds is 3. The average molecular weight is 263 g/mol. The predicted octanol–water partition coefficient (Wildman–Crippen LogP) is 3.51. The molecule has 1 aliphatic rings. The van der Waals surface area contributed by atoms with Crippen LogP contribution in [0.25, 0.3) is 5.65 Å². The molecule has 0 unspecified atom stereocenters. The lowest BCUT2D eigenvalue weighted by Crippen LogP contribution is -1.92. The molecule has 1 aliphatic carbocycles. The van der Waals surface area contributed by atoms with E-state index in [0.717, 1.165) is 29.4 Å². The zero-order valence-electron chi connectivity index (χ0n) is 11.6. The number of hydrogen-bond acceptors (Lipinski definition) is 2. The summed E-state index contributed by atoms with van der Waals surface area (Å²) in [5.41, 5.74) is 5.87. The summed E-state index contributed by atoms with van der Waals surface area (Å²) >= 11 is 0. The van der Waals surface area contributed by atoms with Gasteiger partial charge in [-0.3, -0.25) is 4.98 Å². The molecule has 3 aromatic rings. The van der Waals surface area contributed by atoms with Crippen LogP contribution < -0.4 is 0 Å². The molecule has 3 heteroatoms. The van der Waals surface area contributed by atoms with Gasteiger partial charge in [-0.1, -0.05) is 6.07 Å². The maximum atomic E-state index is 4.68. The lowest BCUT2D eigenvalue weighted by atomic mass is 10.2. The summed E-state index contributed by atoms with van der Waals surface area (Å²) in [7, 11) is 0. The van der Waals surface area contributed by atoms with E-state index in [-0.39, 0.29) is 0 Å². The summed E-state index contributed by atoms with van der Waals surface area (Å²) in [5, 5.41) is 0. The Balaban J connectivity index is 1.66. The summed E-state index contributed by atoms with van der Waals surface area (Å²) in [6, 6.07) is 8.49. The van der Waals surface area contributed by atoms with E-state index in [0.29, 0.717) is 0 Å². The van der Waals surface area contributed by atoms with E-state index in [1.165, 1.54) is 24.0 Å². The van der Waals surface area contributed by atoms with E-state index in [1.807, 2.05) is 12.3 Å². The minimum Gasteiger partial charge on any atom is -0.307 e. The lowest BCUT2D eigenvalue weighted by Gasteiger charge is -1.98. The zero-order valence-corrected chi connectivity index (χ0v) is 11.6. The highest BCUT2D eigenvalue weighted by molar-refractivity contribution is 5.43. The first-order valence-electron chi connectivity index (χ1n) is 7.17. The second-order valence-electron chi connectivity index (χ2n) is 5.74. The molecule has 1 saturated carbocycles. The third kappa shape index (κ3) is 2.20. The van der Waals surface area contributed by atoms with Crippen LogP contribution in [0.4, 0.5) is 0 Å². The number of aromatic nitrogens is 3. The minimum atomic E-state index is 0.781. The molecule has 100 valence electrons. The number of fused-ring (bicyclic) bond motifs is 1. The van der Waals surface area contributed by atoms with Crippen molar-refractivity contribution in [1.29, 1.82) is 0 Å². The first-order chi connectivity index (χ1) is 9.78. The fourth-order valence-corrected chi connectivity index (χ4v) is 2.69. The Morgan fingerprint density at radius 1 is 1.15 bits per heavy atom. The summed E-state index contributed by atoms with van der Waals surface area (Å²) < 4.78 is 2.15. The van der Waals surface area contributed by atoms with E-state index in [9.17, 15) is 0 Å². The van der Waals surface area contributed by atoms with Gasteiger partial charge < -0.3 is 4.40 Å². The smallest absolute Gasteiger partial charge is 0.137 e. The van der Waals surface area contributed by atoms with Crippen molar-refractivity contribution < 1.29 is 0 Å². The monoisotopic (exact) mass is 263 g/mol. The molecule has 3 aromatic heterocycles. The molecule has 4 rings (SSSR count). The standard InChI is InChI=1S/C17H17N3/c1-12-6-7-18-15(8-12)9-16-11-20-10-14(13-2-3-13)4-5-17(20)19-16/h4-8,10-11,13H,2-3,9H2,1H3. The van der Waals surface area contributed by atoms with Crippen molar-refractivity contribution in [2.75, 3.05) is 0 Å². The van der Waals surface area contributed by atoms with Crippen molar-refractivity contribution >= 4 is 5.65 Å². The van der Waals surface area contributed by atoms with Gasteiger partial charge in [-0.2, -0.15) is 0 Å². The summed E-state index contributed by atoms with van der Waals surface area (Å²) in [5.74, 6) is 0.781. The molecule has 0 aliphatic heterocycles. The SMILES string of the molecule is Cc1ccnc(Cc2cn3cc(C4CC4)ccc3n2)c1. The number of pyridine rings is 2. The van der Waals surface area contributed by atoms with E-state index < -0.39 is 0 Å². The third-order valence-corrected chi connectivity index (χ3v) is 3.91. The molecule has 0 atom stereocenters. The third-order valence-electron chi connectivity index (χ3n) is 3.91. The van der Waals surface area contributed by atoms with Gasteiger partial charge in [0, 0.05) is 30.7 Å². The Labute approximate surface area is 118 Å². The molecule has 0 bridgehead atoms. The van der Waals surface area contributed by atoms with E-state index in [1.54, 1.807) is 0 Å². The van der Waals surface area contributed by atoms with Gasteiger partial charge in [0.15, 0.2) is 0 Å². The number of nitrogens with zero attached hydrogens (tertiary/aromatic N) is 3. The Hall–Kier alpha value is -2.16. The molecule has 0 saturated heterocycles. The van der Waals surface area contributed by atoms with E-state index in [2.05, 4.69) is 51.9 Å². The van der Waals surface area contributed by atoms with Crippen LogP contribution in [0.15, 0.2) is 42.9 Å². The van der Waals surface area contributed by atoms with Crippen LogP contribution in [0.1, 0.15) is 41.3 Å². The molecular weight excluding hydrogens is 246 g/mol. The molecule has 3 heterocycles. The molecule has 3 nitrogen and oxygen atoms in total. The highest BCUT2D eigenvalue weighted by Crippen LogP contribution is 2.39. The van der Waals surface area contributed by atoms with E-state index >= 15 is 0 Å². The first-order valence-corrected chi connectivity index (χ1v) is 7.17. The Kier molecular flexibility index (Phi) is 2.59. The second-order valence-corrected chi connectivity index (χ2v) is 5.74. The van der Waals surface area contributed by atoms with Crippen LogP contribution in [-0.2, 0) is 6.42 Å². The lowest BCUT2D eigenvalue weighted by molar-refractivity contribution is 1.02. The zero-order chi connectivity index (χ0) is 13.5. The van der Waals surface area contributed by atoms with Crippen LogP contribution in [0, 0.1) is 6.92 Å². The van der Waals surface area contributed by atoms with Crippen molar-refractivity contribution in [3.63, 3.8) is 0 Å². The molecule has 0 aromatic carbocycles. The van der Waals surface area contributed by atoms with E-state index in [4.69, 9.17) is 0 Å². The first kappa shape index (κ1) is 11.6. The Morgan fingerprint density at radius 3 is 2.85 bits per heavy atom. The topological polar surface area (TPSA) is 30.2 Å². The fraction of sp³-hybridized carbons (Fsp3) is 0.294. The quantitative estimate of drug-likeness (QED) is 0.724. The normalized spacial score (nSPS) is 14.8. The highest BCUT2D eigenvalue weighted by atomic mass is 15.0. The van der Waals surface area contributed by atoms with Crippen molar-refractivity contribution in [1.82, 2.24) is 14.4 Å². The maximum absolute atomic E-state index is 4.68. The summed E-state index contributed by atoms with van der Waals surface area (Å²) in [4.78, 5) is 9.09. The molecule has 0 N–H and O–H groups in total. The van der Waals surface area contributed by atoms with Gasteiger partial charge in [-0.15, -0.1) is 0 Å². The van der Waals surface area contributed by atoms with Crippen LogP contribution in [0.3, 0.4) is 0 Å². The highest BCUT2D eigenvalue weighted by Gasteiger charge is 2.23. The molecule has 0 spiro atoms. The fourth-order valence-electron chi connectivity index (χ4n) is 2.69. The van der Waals surface area contributed by atoms with Gasteiger partial charge >= 0.3 is 0 Å². The molecule has 0 amide bonds. The minimum absolute atomic E-state index is 0.781. The van der Waals surface area contributed by atoms with Crippen molar-refractivity contribution in [3.05, 3.63) is 65.4 Å². The number of imidazole rings is 1. The molecule has 1 fully saturated rings. The largest absolute Gasteiger partial charge is 0.307 e. The number of aryl methyl sites for hydroxylation is 1. The summed E-state index contributed by atoms with van der Waals surface area (Å²) in [6.45, 7) is 2.09. The van der Waals surface area contributed by atoms with Gasteiger partial charge in [-0.25, -0.2) is 4.98 Å². The van der Waals surface area contributed by atoms with Crippen molar-refractivity contribution in [2.45, 2.75) is 32.1 Å². The van der Waals surface area contributed by atoms with Crippen LogP contribution in [0.2, 0.25) is 0 Å². The molecule has 20 heavy (non-hydrogen) atoms. The summed E-state index contributed by atoms with van der Waals surface area (Å²) in [6.07, 6.45) is 9.69. The molecular formula is C17H17N3. The van der Waals surface area contributed by atoms with Crippen LogP contribution in [-0.4, -0.2) is 14.4 Å². The molecule has 0 radical (unpaired) electrons. The van der Waals surface area contributed by atoms with Gasteiger partial charge in [0.1, 0.15) is 5.65 Å². The van der Waals surface area contributed by atoms with Crippen molar-refractivity contribution in [3.8, 4) is 0 Å². The van der Waals surface area contributed by atoms with Gasteiger partial charge in [0.05, 0.1) is 5.69 Å². The van der Waals surface area contributed by atoms with Gasteiger partial charge in [0.25, 0.3) is 0 Å².